The molecule has 0 fully saturated rings. The highest BCUT2D eigenvalue weighted by atomic mass is 35.5. The Bertz CT molecular complexity index is 1190. The van der Waals surface area contributed by atoms with Gasteiger partial charge in [-0.1, -0.05) is 24.9 Å². The van der Waals surface area contributed by atoms with Crippen LogP contribution in [0.5, 0.6) is 11.5 Å². The number of rotatable bonds is 11. The number of carbonyl (C=O) groups excluding carboxylic acids is 3. The Labute approximate surface area is 214 Å². The highest BCUT2D eigenvalue weighted by Crippen LogP contribution is 2.16. The number of nitrogens with zero attached hydrogens (tertiary/aromatic N) is 1. The van der Waals surface area contributed by atoms with Gasteiger partial charge in [-0.3, -0.25) is 9.59 Å². The van der Waals surface area contributed by atoms with Gasteiger partial charge in [0.05, 0.1) is 24.9 Å². The second kappa shape index (κ2) is 13.7. The largest absolute Gasteiger partial charge is 0.494 e. The van der Waals surface area contributed by atoms with Gasteiger partial charge in [-0.15, -0.1) is 0 Å². The van der Waals surface area contributed by atoms with E-state index >= 15 is 0 Å². The Hall–Kier alpha value is -4.17. The zero-order valence-corrected chi connectivity index (χ0v) is 20.5. The summed E-state index contributed by atoms with van der Waals surface area (Å²) in [5, 5.41) is 6.94. The lowest BCUT2D eigenvalue weighted by Gasteiger charge is -2.07. The van der Waals surface area contributed by atoms with Crippen molar-refractivity contribution in [2.45, 2.75) is 19.8 Å². The summed E-state index contributed by atoms with van der Waals surface area (Å²) in [6.07, 6.45) is 3.44. The number of hydrogen-bond donors (Lipinski definition) is 2. The number of esters is 1. The Morgan fingerprint density at radius 2 is 1.53 bits per heavy atom. The molecule has 0 aliphatic rings. The van der Waals surface area contributed by atoms with Gasteiger partial charge in [0.2, 0.25) is 0 Å². The first kappa shape index (κ1) is 26.4. The standard InChI is InChI=1S/C27H26ClN3O5/c1-2-3-16-35-23-14-8-20(9-15-23)26(33)29-18-25(32)31-30-17-19-4-12-24(13-5-19)36-27(34)21-6-10-22(28)11-7-21/h4-15,17H,2-3,16,18H2,1H3,(H,29,33)(H,31,32)/b30-17+. The van der Waals surface area contributed by atoms with Crippen molar-refractivity contribution in [2.75, 3.05) is 13.2 Å². The van der Waals surface area contributed by atoms with Crippen molar-refractivity contribution in [2.24, 2.45) is 5.10 Å². The minimum atomic E-state index is -0.501. The number of amides is 2. The number of carbonyl (C=O) groups is 3. The Morgan fingerprint density at radius 3 is 2.19 bits per heavy atom. The van der Waals surface area contributed by atoms with E-state index in [4.69, 9.17) is 21.1 Å². The maximum atomic E-state index is 12.2. The summed E-state index contributed by atoms with van der Waals surface area (Å²) in [6, 6.07) is 19.7. The van der Waals surface area contributed by atoms with Gasteiger partial charge < -0.3 is 14.8 Å². The van der Waals surface area contributed by atoms with Gasteiger partial charge in [-0.25, -0.2) is 10.2 Å². The van der Waals surface area contributed by atoms with Crippen molar-refractivity contribution in [1.29, 1.82) is 0 Å². The normalized spacial score (nSPS) is 10.6. The van der Waals surface area contributed by atoms with E-state index in [1.54, 1.807) is 72.8 Å². The second-order valence-corrected chi connectivity index (χ2v) is 8.10. The molecule has 0 atom stereocenters. The lowest BCUT2D eigenvalue weighted by molar-refractivity contribution is -0.120. The molecule has 0 saturated carbocycles. The maximum Gasteiger partial charge on any atom is 0.343 e. The molecule has 0 aromatic heterocycles. The number of hydrazone groups is 1. The van der Waals surface area contributed by atoms with Gasteiger partial charge in [0.1, 0.15) is 11.5 Å². The molecule has 36 heavy (non-hydrogen) atoms. The predicted octanol–water partition coefficient (Wildman–Crippen LogP) is 4.62. The SMILES string of the molecule is CCCCOc1ccc(C(=O)NCC(=O)N/N=C/c2ccc(OC(=O)c3ccc(Cl)cc3)cc2)cc1. The zero-order valence-electron chi connectivity index (χ0n) is 19.7. The van der Waals surface area contributed by atoms with Crippen molar-refractivity contribution >= 4 is 35.6 Å². The highest BCUT2D eigenvalue weighted by Gasteiger charge is 2.09. The molecule has 8 nitrogen and oxygen atoms in total. The van der Waals surface area contributed by atoms with Crippen molar-refractivity contribution in [3.8, 4) is 11.5 Å². The Morgan fingerprint density at radius 1 is 0.889 bits per heavy atom. The highest BCUT2D eigenvalue weighted by molar-refractivity contribution is 6.30. The van der Waals surface area contributed by atoms with Crippen LogP contribution >= 0.6 is 11.6 Å². The summed E-state index contributed by atoms with van der Waals surface area (Å²) in [6.45, 7) is 2.48. The number of hydrogen-bond acceptors (Lipinski definition) is 6. The first-order valence-electron chi connectivity index (χ1n) is 11.4. The molecule has 0 radical (unpaired) electrons. The van der Waals surface area contributed by atoms with Crippen LogP contribution < -0.4 is 20.2 Å². The second-order valence-electron chi connectivity index (χ2n) is 7.67. The molecule has 0 unspecified atom stereocenters. The molecule has 186 valence electrons. The van der Waals surface area contributed by atoms with Crippen LogP contribution in [0.25, 0.3) is 0 Å². The molecule has 2 amide bonds. The molecule has 0 aliphatic carbocycles. The summed E-state index contributed by atoms with van der Waals surface area (Å²) < 4.78 is 10.9. The average Bonchev–Trinajstić information content (AvgIpc) is 2.89. The quantitative estimate of drug-likeness (QED) is 0.129. The third kappa shape index (κ3) is 8.56. The molecule has 0 spiro atoms. The summed E-state index contributed by atoms with van der Waals surface area (Å²) in [5.41, 5.74) is 3.83. The summed E-state index contributed by atoms with van der Waals surface area (Å²) in [4.78, 5) is 36.3. The first-order valence-corrected chi connectivity index (χ1v) is 11.7. The predicted molar refractivity (Wildman–Crippen MR) is 138 cm³/mol. The molecule has 3 aromatic carbocycles. The number of nitrogens with one attached hydrogen (secondary N) is 2. The minimum Gasteiger partial charge on any atom is -0.494 e. The average molecular weight is 508 g/mol. The van der Waals surface area contributed by atoms with Crippen LogP contribution in [0.4, 0.5) is 0 Å². The fraction of sp³-hybridized carbons (Fsp3) is 0.185. The van der Waals surface area contributed by atoms with Crippen LogP contribution in [-0.4, -0.2) is 37.1 Å². The molecule has 0 bridgehead atoms. The van der Waals surface area contributed by atoms with Gasteiger partial charge in [0, 0.05) is 10.6 Å². The lowest BCUT2D eigenvalue weighted by atomic mass is 10.2. The molecule has 3 aromatic rings. The van der Waals surface area contributed by atoms with Gasteiger partial charge in [0.15, 0.2) is 0 Å². The molecule has 9 heteroatoms. The van der Waals surface area contributed by atoms with E-state index in [2.05, 4.69) is 22.8 Å². The van der Waals surface area contributed by atoms with E-state index in [1.807, 2.05) is 0 Å². The maximum absolute atomic E-state index is 12.2. The Kier molecular flexibility index (Phi) is 10.0. The van der Waals surface area contributed by atoms with Crippen LogP contribution in [0.2, 0.25) is 5.02 Å². The van der Waals surface area contributed by atoms with Crippen LogP contribution in [0.15, 0.2) is 77.9 Å². The Balaban J connectivity index is 1.40. The molecular weight excluding hydrogens is 482 g/mol. The number of unbranched alkanes of at least 4 members (excludes halogenated alkanes) is 1. The topological polar surface area (TPSA) is 106 Å². The van der Waals surface area contributed by atoms with Crippen molar-refractivity contribution < 1.29 is 23.9 Å². The van der Waals surface area contributed by atoms with E-state index in [0.29, 0.717) is 39.8 Å². The number of halogens is 1. The van der Waals surface area contributed by atoms with E-state index in [0.717, 1.165) is 12.8 Å². The van der Waals surface area contributed by atoms with Gasteiger partial charge in [-0.2, -0.15) is 5.10 Å². The monoisotopic (exact) mass is 507 g/mol. The van der Waals surface area contributed by atoms with E-state index in [1.165, 1.54) is 6.21 Å². The van der Waals surface area contributed by atoms with Crippen LogP contribution in [-0.2, 0) is 4.79 Å². The van der Waals surface area contributed by atoms with E-state index in [9.17, 15) is 14.4 Å². The van der Waals surface area contributed by atoms with Crippen molar-refractivity contribution in [1.82, 2.24) is 10.7 Å². The third-order valence-electron chi connectivity index (χ3n) is 4.87. The van der Waals surface area contributed by atoms with Crippen LogP contribution in [0.1, 0.15) is 46.0 Å². The fourth-order valence-corrected chi connectivity index (χ4v) is 3.02. The van der Waals surface area contributed by atoms with Crippen molar-refractivity contribution in [3.63, 3.8) is 0 Å². The summed E-state index contributed by atoms with van der Waals surface area (Å²) >= 11 is 5.82. The van der Waals surface area contributed by atoms with Gasteiger partial charge in [0.25, 0.3) is 11.8 Å². The third-order valence-corrected chi connectivity index (χ3v) is 5.12. The van der Waals surface area contributed by atoms with E-state index < -0.39 is 11.9 Å². The first-order chi connectivity index (χ1) is 17.4. The minimum absolute atomic E-state index is 0.232. The molecular formula is C27H26ClN3O5. The summed E-state index contributed by atoms with van der Waals surface area (Å²) in [5.74, 6) is -0.302. The smallest absolute Gasteiger partial charge is 0.343 e. The van der Waals surface area contributed by atoms with Crippen molar-refractivity contribution in [3.05, 3.63) is 94.5 Å². The molecule has 0 heterocycles. The van der Waals surface area contributed by atoms with Crippen LogP contribution in [0, 0.1) is 0 Å². The lowest BCUT2D eigenvalue weighted by Crippen LogP contribution is -2.34. The zero-order chi connectivity index (χ0) is 25.8. The van der Waals surface area contributed by atoms with Gasteiger partial charge in [-0.05, 0) is 84.8 Å². The van der Waals surface area contributed by atoms with Crippen LogP contribution in [0.3, 0.4) is 0 Å². The fourth-order valence-electron chi connectivity index (χ4n) is 2.89. The number of ether oxygens (including phenoxy) is 2. The molecule has 0 saturated heterocycles. The van der Waals surface area contributed by atoms with Gasteiger partial charge >= 0.3 is 5.97 Å². The summed E-state index contributed by atoms with van der Waals surface area (Å²) in [7, 11) is 0. The molecule has 0 aliphatic heterocycles. The molecule has 3 rings (SSSR count). The molecule has 2 N–H and O–H groups in total. The van der Waals surface area contributed by atoms with E-state index in [-0.39, 0.29) is 12.5 Å². The number of benzene rings is 3.